The van der Waals surface area contributed by atoms with Crippen LogP contribution in [0.1, 0.15) is 16.9 Å². The fourth-order valence-electron chi connectivity index (χ4n) is 1.66. The molecule has 15 heavy (non-hydrogen) atoms. The van der Waals surface area contributed by atoms with E-state index in [1.807, 2.05) is 26.0 Å². The number of nitrogen functional groups attached to an aromatic ring is 1. The topological polar surface area (TPSA) is 83.2 Å². The molecule has 0 amide bonds. The molecule has 0 fully saturated rings. The zero-order valence-electron chi connectivity index (χ0n) is 8.59. The van der Waals surface area contributed by atoms with Gasteiger partial charge in [0.2, 0.25) is 5.76 Å². The Morgan fingerprint density at radius 1 is 1.33 bits per heavy atom. The highest BCUT2D eigenvalue weighted by molar-refractivity contribution is 6.03. The first kappa shape index (κ1) is 9.58. The quantitative estimate of drug-likeness (QED) is 0.491. The van der Waals surface area contributed by atoms with Crippen LogP contribution in [-0.2, 0) is 0 Å². The fourth-order valence-corrected chi connectivity index (χ4v) is 1.66. The average molecular weight is 204 g/mol. The molecule has 0 radical (unpaired) electrons. The molecular weight excluding hydrogens is 192 g/mol. The number of rotatable bonds is 1. The first-order valence-electron chi connectivity index (χ1n) is 4.58. The van der Waals surface area contributed by atoms with E-state index in [1.54, 1.807) is 0 Å². The summed E-state index contributed by atoms with van der Waals surface area (Å²) >= 11 is 0. The minimum atomic E-state index is -0.262. The van der Waals surface area contributed by atoms with E-state index in [0.29, 0.717) is 11.0 Å². The van der Waals surface area contributed by atoms with Gasteiger partial charge in [-0.1, -0.05) is 12.1 Å². The lowest BCUT2D eigenvalue weighted by atomic mass is 10.1. The summed E-state index contributed by atoms with van der Waals surface area (Å²) in [6.07, 6.45) is 0. The maximum atomic E-state index is 9.85. The molecular formula is C11H12N2O2. The molecule has 0 saturated heterocycles. The van der Waals surface area contributed by atoms with E-state index in [0.717, 1.165) is 11.1 Å². The van der Waals surface area contributed by atoms with Crippen LogP contribution in [0.3, 0.4) is 0 Å². The van der Waals surface area contributed by atoms with E-state index < -0.39 is 0 Å². The van der Waals surface area contributed by atoms with Crippen LogP contribution in [0.25, 0.3) is 11.0 Å². The molecule has 0 spiro atoms. The van der Waals surface area contributed by atoms with Crippen molar-refractivity contribution in [3.05, 3.63) is 29.0 Å². The van der Waals surface area contributed by atoms with Crippen LogP contribution in [0.4, 0.5) is 0 Å². The number of aromatic hydroxyl groups is 1. The van der Waals surface area contributed by atoms with E-state index in [9.17, 15) is 5.11 Å². The predicted octanol–water partition coefficient (Wildman–Crippen LogP) is 2.04. The maximum absolute atomic E-state index is 9.85. The number of hydrogen-bond donors (Lipinski definition) is 3. The van der Waals surface area contributed by atoms with Gasteiger partial charge in [0.1, 0.15) is 5.58 Å². The number of fused-ring (bicyclic) bond motifs is 1. The maximum Gasteiger partial charge on any atom is 0.211 e. The molecule has 1 aromatic carbocycles. The zero-order valence-corrected chi connectivity index (χ0v) is 8.59. The molecule has 1 aromatic heterocycles. The van der Waals surface area contributed by atoms with Crippen molar-refractivity contribution in [2.75, 3.05) is 0 Å². The van der Waals surface area contributed by atoms with Crippen molar-refractivity contribution in [2.24, 2.45) is 5.73 Å². The molecule has 1 heterocycles. The van der Waals surface area contributed by atoms with Crippen LogP contribution in [0.2, 0.25) is 0 Å². The number of aryl methyl sites for hydroxylation is 2. The Kier molecular flexibility index (Phi) is 1.93. The lowest BCUT2D eigenvalue weighted by Gasteiger charge is -1.97. The van der Waals surface area contributed by atoms with Crippen LogP contribution < -0.4 is 5.73 Å². The summed E-state index contributed by atoms with van der Waals surface area (Å²) < 4.78 is 5.37. The Balaban J connectivity index is 2.93. The number of benzene rings is 1. The summed E-state index contributed by atoms with van der Waals surface area (Å²) in [7, 11) is 0. The third-order valence-corrected chi connectivity index (χ3v) is 2.46. The number of hydrogen-bond acceptors (Lipinski definition) is 3. The highest BCUT2D eigenvalue weighted by Gasteiger charge is 2.18. The van der Waals surface area contributed by atoms with E-state index in [1.165, 1.54) is 0 Å². The van der Waals surface area contributed by atoms with Crippen molar-refractivity contribution in [2.45, 2.75) is 13.8 Å². The number of nitrogens with two attached hydrogens (primary N) is 1. The third-order valence-electron chi connectivity index (χ3n) is 2.46. The third kappa shape index (κ3) is 1.26. The molecule has 2 aromatic rings. The highest BCUT2D eigenvalue weighted by atomic mass is 16.4. The second-order valence-electron chi connectivity index (χ2n) is 3.60. The molecule has 0 unspecified atom stereocenters. The first-order valence-corrected chi connectivity index (χ1v) is 4.58. The van der Waals surface area contributed by atoms with Crippen LogP contribution >= 0.6 is 0 Å². The summed E-state index contributed by atoms with van der Waals surface area (Å²) in [4.78, 5) is 0. The van der Waals surface area contributed by atoms with Gasteiger partial charge in [0, 0.05) is 0 Å². The Bertz CT molecular complexity index is 555. The molecule has 0 bridgehead atoms. The van der Waals surface area contributed by atoms with E-state index in [-0.39, 0.29) is 17.3 Å². The van der Waals surface area contributed by atoms with Gasteiger partial charge in [-0.25, -0.2) is 0 Å². The molecule has 2 rings (SSSR count). The number of amidine groups is 1. The summed E-state index contributed by atoms with van der Waals surface area (Å²) in [5.41, 5.74) is 7.73. The molecule has 4 N–H and O–H groups in total. The normalized spacial score (nSPS) is 10.8. The minimum Gasteiger partial charge on any atom is -0.504 e. The SMILES string of the molecule is Cc1ccc(C)c2c(O)c(C(=N)N)oc12. The van der Waals surface area contributed by atoms with Gasteiger partial charge in [-0.2, -0.15) is 0 Å². The molecule has 0 aliphatic rings. The Morgan fingerprint density at radius 2 is 1.93 bits per heavy atom. The standard InChI is InChI=1S/C11H12N2O2/c1-5-3-4-6(2)9-7(5)8(14)10(15-9)11(12)13/h3-4,14H,1-2H3,(H3,12,13). The van der Waals surface area contributed by atoms with Crippen LogP contribution in [0.15, 0.2) is 16.5 Å². The minimum absolute atomic E-state index is 0.0429. The van der Waals surface area contributed by atoms with Crippen molar-refractivity contribution in [3.63, 3.8) is 0 Å². The van der Waals surface area contributed by atoms with E-state index >= 15 is 0 Å². The van der Waals surface area contributed by atoms with Gasteiger partial charge < -0.3 is 15.3 Å². The average Bonchev–Trinajstić information content (AvgIpc) is 2.51. The summed E-state index contributed by atoms with van der Waals surface area (Å²) in [5.74, 6) is -0.261. The molecule has 0 aliphatic carbocycles. The van der Waals surface area contributed by atoms with Crippen molar-refractivity contribution < 1.29 is 9.52 Å². The van der Waals surface area contributed by atoms with Gasteiger partial charge in [-0.15, -0.1) is 0 Å². The summed E-state index contributed by atoms with van der Waals surface area (Å²) in [6.45, 7) is 3.76. The second kappa shape index (κ2) is 3.02. The summed E-state index contributed by atoms with van der Waals surface area (Å²) in [5, 5.41) is 17.8. The van der Waals surface area contributed by atoms with E-state index in [4.69, 9.17) is 15.6 Å². The van der Waals surface area contributed by atoms with Crippen molar-refractivity contribution in [1.82, 2.24) is 0 Å². The van der Waals surface area contributed by atoms with Crippen molar-refractivity contribution >= 4 is 16.8 Å². The largest absolute Gasteiger partial charge is 0.504 e. The smallest absolute Gasteiger partial charge is 0.211 e. The monoisotopic (exact) mass is 204 g/mol. The lowest BCUT2D eigenvalue weighted by Crippen LogP contribution is -2.09. The number of nitrogens with one attached hydrogen (secondary N) is 1. The van der Waals surface area contributed by atoms with Crippen LogP contribution in [0, 0.1) is 19.3 Å². The van der Waals surface area contributed by atoms with Crippen molar-refractivity contribution in [3.8, 4) is 5.75 Å². The van der Waals surface area contributed by atoms with Crippen molar-refractivity contribution in [1.29, 1.82) is 5.41 Å². The number of furan rings is 1. The van der Waals surface area contributed by atoms with Gasteiger partial charge in [0.25, 0.3) is 0 Å². The van der Waals surface area contributed by atoms with E-state index in [2.05, 4.69) is 0 Å². The molecule has 0 saturated carbocycles. The lowest BCUT2D eigenvalue weighted by molar-refractivity contribution is 0.460. The van der Waals surface area contributed by atoms with Gasteiger partial charge in [-0.3, -0.25) is 5.41 Å². The zero-order chi connectivity index (χ0) is 11.2. The predicted molar refractivity (Wildman–Crippen MR) is 58.4 cm³/mol. The van der Waals surface area contributed by atoms with Crippen LogP contribution in [-0.4, -0.2) is 10.9 Å². The van der Waals surface area contributed by atoms with Gasteiger partial charge in [0.05, 0.1) is 5.39 Å². The van der Waals surface area contributed by atoms with Crippen LogP contribution in [0.5, 0.6) is 5.75 Å². The molecule has 0 atom stereocenters. The molecule has 78 valence electrons. The van der Waals surface area contributed by atoms with Gasteiger partial charge in [0.15, 0.2) is 11.6 Å². The van der Waals surface area contributed by atoms with Gasteiger partial charge >= 0.3 is 0 Å². The Hall–Kier alpha value is -1.97. The highest BCUT2D eigenvalue weighted by Crippen LogP contribution is 2.35. The summed E-state index contributed by atoms with van der Waals surface area (Å²) in [6, 6.07) is 3.81. The van der Waals surface area contributed by atoms with Gasteiger partial charge in [-0.05, 0) is 25.0 Å². The molecule has 4 heteroatoms. The molecule has 0 aliphatic heterocycles. The first-order chi connectivity index (χ1) is 7.02. The molecule has 4 nitrogen and oxygen atoms in total. The Morgan fingerprint density at radius 3 is 2.47 bits per heavy atom. The fraction of sp³-hybridized carbons (Fsp3) is 0.182. The second-order valence-corrected chi connectivity index (χ2v) is 3.60. The Labute approximate surface area is 86.8 Å².